The SMILES string of the molecule is O=C(Nc1ccc(N2CCCN(Cc3ccc(Cl)cc3)C2=O)cc1)c1ccc(F)cc1. The molecule has 1 N–H and O–H groups in total. The highest BCUT2D eigenvalue weighted by atomic mass is 35.5. The number of halogens is 2. The molecule has 7 heteroatoms. The number of nitrogens with zero attached hydrogens (tertiary/aromatic N) is 2. The van der Waals surface area contributed by atoms with Crippen molar-refractivity contribution in [3.63, 3.8) is 0 Å². The van der Waals surface area contributed by atoms with Crippen LogP contribution in [0, 0.1) is 5.82 Å². The zero-order chi connectivity index (χ0) is 21.8. The van der Waals surface area contributed by atoms with Crippen molar-refractivity contribution in [2.75, 3.05) is 23.3 Å². The molecule has 0 aliphatic carbocycles. The maximum atomic E-state index is 13.0. The predicted octanol–water partition coefficient (Wildman–Crippen LogP) is 5.56. The first-order valence-electron chi connectivity index (χ1n) is 9.97. The van der Waals surface area contributed by atoms with Crippen LogP contribution in [0.1, 0.15) is 22.3 Å². The highest BCUT2D eigenvalue weighted by Crippen LogP contribution is 2.24. The molecule has 3 aromatic rings. The largest absolute Gasteiger partial charge is 0.324 e. The number of benzene rings is 3. The molecule has 158 valence electrons. The topological polar surface area (TPSA) is 52.7 Å². The number of nitrogens with one attached hydrogen (secondary N) is 1. The lowest BCUT2D eigenvalue weighted by molar-refractivity contribution is 0.102. The molecule has 3 amide bonds. The maximum absolute atomic E-state index is 13.0. The first-order valence-corrected chi connectivity index (χ1v) is 10.4. The van der Waals surface area contributed by atoms with Crippen LogP contribution in [0.5, 0.6) is 0 Å². The van der Waals surface area contributed by atoms with Gasteiger partial charge in [0.2, 0.25) is 0 Å². The number of urea groups is 1. The van der Waals surface area contributed by atoms with Crippen LogP contribution in [0.2, 0.25) is 5.02 Å². The summed E-state index contributed by atoms with van der Waals surface area (Å²) in [4.78, 5) is 28.8. The van der Waals surface area contributed by atoms with E-state index in [1.807, 2.05) is 41.3 Å². The minimum absolute atomic E-state index is 0.0516. The highest BCUT2D eigenvalue weighted by molar-refractivity contribution is 6.30. The molecule has 0 atom stereocenters. The third-order valence-electron chi connectivity index (χ3n) is 5.14. The lowest BCUT2D eigenvalue weighted by Crippen LogP contribution is -2.49. The molecule has 3 aromatic carbocycles. The Labute approximate surface area is 185 Å². The number of rotatable bonds is 5. The molecular weight excluding hydrogens is 417 g/mol. The fraction of sp³-hybridized carbons (Fsp3) is 0.167. The normalized spacial score (nSPS) is 13.9. The molecule has 0 aromatic heterocycles. The number of carbonyl (C=O) groups is 2. The standard InChI is InChI=1S/C24H21ClFN3O2/c25-19-6-2-17(3-7-19)16-28-14-1-15-29(24(28)31)22-12-10-21(11-13-22)27-23(30)18-4-8-20(26)9-5-18/h2-13H,1,14-16H2,(H,27,30). The number of hydrogen-bond acceptors (Lipinski definition) is 2. The van der Waals surface area contributed by atoms with Crippen molar-refractivity contribution in [1.29, 1.82) is 0 Å². The van der Waals surface area contributed by atoms with E-state index < -0.39 is 5.82 Å². The van der Waals surface area contributed by atoms with Crippen LogP contribution >= 0.6 is 11.6 Å². The second kappa shape index (κ2) is 9.18. The second-order valence-corrected chi connectivity index (χ2v) is 7.78. The van der Waals surface area contributed by atoms with E-state index in [4.69, 9.17) is 11.6 Å². The molecular formula is C24H21ClFN3O2. The van der Waals surface area contributed by atoms with Crippen LogP contribution in [0.3, 0.4) is 0 Å². The van der Waals surface area contributed by atoms with Gasteiger partial charge in [-0.25, -0.2) is 9.18 Å². The molecule has 0 saturated carbocycles. The third-order valence-corrected chi connectivity index (χ3v) is 5.39. The molecule has 0 bridgehead atoms. The van der Waals surface area contributed by atoms with E-state index in [2.05, 4.69) is 5.32 Å². The van der Waals surface area contributed by atoms with Gasteiger partial charge in [-0.05, 0) is 72.6 Å². The van der Waals surface area contributed by atoms with Gasteiger partial charge in [0.1, 0.15) is 5.82 Å². The minimum atomic E-state index is -0.391. The lowest BCUT2D eigenvalue weighted by Gasteiger charge is -2.35. The van der Waals surface area contributed by atoms with Gasteiger partial charge in [-0.2, -0.15) is 0 Å². The van der Waals surface area contributed by atoms with Crippen LogP contribution in [-0.2, 0) is 6.54 Å². The summed E-state index contributed by atoms with van der Waals surface area (Å²) < 4.78 is 13.0. The van der Waals surface area contributed by atoms with E-state index in [-0.39, 0.29) is 11.9 Å². The predicted molar refractivity (Wildman–Crippen MR) is 120 cm³/mol. The van der Waals surface area contributed by atoms with Crippen LogP contribution in [0.15, 0.2) is 72.8 Å². The minimum Gasteiger partial charge on any atom is -0.322 e. The monoisotopic (exact) mass is 437 g/mol. The van der Waals surface area contributed by atoms with Gasteiger partial charge in [0.15, 0.2) is 0 Å². The van der Waals surface area contributed by atoms with Crippen molar-refractivity contribution >= 4 is 34.9 Å². The van der Waals surface area contributed by atoms with Crippen molar-refractivity contribution in [1.82, 2.24) is 4.90 Å². The Bertz CT molecular complexity index is 1070. The summed E-state index contributed by atoms with van der Waals surface area (Å²) in [5.41, 5.74) is 2.76. The van der Waals surface area contributed by atoms with Crippen molar-refractivity contribution < 1.29 is 14.0 Å². The zero-order valence-electron chi connectivity index (χ0n) is 16.7. The van der Waals surface area contributed by atoms with Gasteiger partial charge in [-0.3, -0.25) is 9.69 Å². The maximum Gasteiger partial charge on any atom is 0.324 e. The van der Waals surface area contributed by atoms with Gasteiger partial charge in [0.05, 0.1) is 0 Å². The third kappa shape index (κ3) is 5.03. The summed E-state index contributed by atoms with van der Waals surface area (Å²) in [6.45, 7) is 1.86. The summed E-state index contributed by atoms with van der Waals surface area (Å²) >= 11 is 5.94. The van der Waals surface area contributed by atoms with E-state index in [1.165, 1.54) is 24.3 Å². The average molecular weight is 438 g/mol. The fourth-order valence-electron chi connectivity index (χ4n) is 3.51. The number of carbonyl (C=O) groups excluding carboxylic acids is 2. The van der Waals surface area contributed by atoms with Crippen LogP contribution < -0.4 is 10.2 Å². The molecule has 0 spiro atoms. The Hall–Kier alpha value is -3.38. The van der Waals surface area contributed by atoms with Crippen molar-refractivity contribution in [2.24, 2.45) is 0 Å². The summed E-state index contributed by atoms with van der Waals surface area (Å²) in [6, 6.07) is 19.9. The van der Waals surface area contributed by atoms with Gasteiger partial charge >= 0.3 is 6.03 Å². The molecule has 1 fully saturated rings. The van der Waals surface area contributed by atoms with Crippen LogP contribution in [-0.4, -0.2) is 29.9 Å². The summed E-state index contributed by atoms with van der Waals surface area (Å²) in [5, 5.41) is 3.45. The van der Waals surface area contributed by atoms with Gasteiger partial charge in [-0.15, -0.1) is 0 Å². The lowest BCUT2D eigenvalue weighted by atomic mass is 10.1. The zero-order valence-corrected chi connectivity index (χ0v) is 17.5. The quantitative estimate of drug-likeness (QED) is 0.567. The van der Waals surface area contributed by atoms with Gasteiger partial charge in [-0.1, -0.05) is 23.7 Å². The second-order valence-electron chi connectivity index (χ2n) is 7.34. The molecule has 1 heterocycles. The first kappa shape index (κ1) is 20.9. The number of anilines is 2. The Balaban J connectivity index is 1.41. The Kier molecular flexibility index (Phi) is 6.18. The van der Waals surface area contributed by atoms with E-state index >= 15 is 0 Å². The smallest absolute Gasteiger partial charge is 0.322 e. The van der Waals surface area contributed by atoms with Crippen molar-refractivity contribution in [3.8, 4) is 0 Å². The fourth-order valence-corrected chi connectivity index (χ4v) is 3.63. The van der Waals surface area contributed by atoms with Crippen molar-refractivity contribution in [2.45, 2.75) is 13.0 Å². The van der Waals surface area contributed by atoms with Gasteiger partial charge < -0.3 is 10.2 Å². The molecule has 0 unspecified atom stereocenters. The molecule has 1 aliphatic rings. The Morgan fingerprint density at radius 2 is 1.61 bits per heavy atom. The van der Waals surface area contributed by atoms with Crippen molar-refractivity contribution in [3.05, 3.63) is 94.8 Å². The average Bonchev–Trinajstić information content (AvgIpc) is 2.78. The number of hydrogen-bond donors (Lipinski definition) is 1. The molecule has 1 saturated heterocycles. The van der Waals surface area contributed by atoms with Gasteiger partial charge in [0, 0.05) is 41.6 Å². The van der Waals surface area contributed by atoms with E-state index in [9.17, 15) is 14.0 Å². The summed E-state index contributed by atoms with van der Waals surface area (Å²) in [5.74, 6) is -0.715. The van der Waals surface area contributed by atoms with E-state index in [0.29, 0.717) is 35.9 Å². The molecule has 31 heavy (non-hydrogen) atoms. The molecule has 1 aliphatic heterocycles. The van der Waals surface area contributed by atoms with Crippen LogP contribution in [0.4, 0.5) is 20.6 Å². The summed E-state index contributed by atoms with van der Waals surface area (Å²) in [6.07, 6.45) is 0.863. The van der Waals surface area contributed by atoms with E-state index in [1.54, 1.807) is 17.0 Å². The van der Waals surface area contributed by atoms with E-state index in [0.717, 1.165) is 17.7 Å². The van der Waals surface area contributed by atoms with Gasteiger partial charge in [0.25, 0.3) is 5.91 Å². The number of amides is 3. The molecule has 4 rings (SSSR count). The molecule has 0 radical (unpaired) electrons. The molecule has 5 nitrogen and oxygen atoms in total. The first-order chi connectivity index (χ1) is 15.0. The van der Waals surface area contributed by atoms with Crippen LogP contribution in [0.25, 0.3) is 0 Å². The summed E-state index contributed by atoms with van der Waals surface area (Å²) in [7, 11) is 0. The highest BCUT2D eigenvalue weighted by Gasteiger charge is 2.26. The Morgan fingerprint density at radius 1 is 0.935 bits per heavy atom. The Morgan fingerprint density at radius 3 is 2.29 bits per heavy atom.